The molecule has 3 saturated carbocycles. The van der Waals surface area contributed by atoms with E-state index in [9.17, 15) is 37.2 Å². The summed E-state index contributed by atoms with van der Waals surface area (Å²) in [5.74, 6) is -2.45. The van der Waals surface area contributed by atoms with E-state index in [2.05, 4.69) is 32.6 Å². The number of rotatable bonds is 12. The fourth-order valence-electron chi connectivity index (χ4n) is 8.96. The molecule has 62 heavy (non-hydrogen) atoms. The van der Waals surface area contributed by atoms with Gasteiger partial charge in [-0.25, -0.2) is 18.0 Å². The fourth-order valence-corrected chi connectivity index (χ4v) is 10.3. The summed E-state index contributed by atoms with van der Waals surface area (Å²) in [4.78, 5) is 87.1. The minimum Gasteiger partial charge on any atom is -0.454 e. The number of sulfonamides is 1. The molecule has 1 aromatic rings. The van der Waals surface area contributed by atoms with Crippen LogP contribution in [0.15, 0.2) is 24.8 Å². The number of hydrogen-bond donors (Lipinski definition) is 5. The summed E-state index contributed by atoms with van der Waals surface area (Å²) in [5, 5.41) is 10.7. The van der Waals surface area contributed by atoms with Crippen molar-refractivity contribution in [2.75, 3.05) is 13.3 Å². The molecule has 3 aliphatic carbocycles. The molecule has 1 aromatic carbocycles. The summed E-state index contributed by atoms with van der Waals surface area (Å²) in [5.41, 5.74) is -1.41. The van der Waals surface area contributed by atoms with Gasteiger partial charge in [-0.05, 0) is 87.5 Å². The van der Waals surface area contributed by atoms with Gasteiger partial charge in [-0.1, -0.05) is 46.1 Å². The number of fused-ring (bicyclic) bond motifs is 2. The van der Waals surface area contributed by atoms with Gasteiger partial charge in [0, 0.05) is 31.0 Å². The predicted molar refractivity (Wildman–Crippen MR) is 225 cm³/mol. The summed E-state index contributed by atoms with van der Waals surface area (Å²) in [6.07, 6.45) is 4.79. The lowest BCUT2D eigenvalue weighted by atomic mass is 9.82. The molecule has 0 radical (unpaired) electrons. The molecule has 1 unspecified atom stereocenters. The highest BCUT2D eigenvalue weighted by Crippen LogP contribution is 2.46. The molecule has 5 N–H and O–H groups in total. The smallest absolute Gasteiger partial charge is 0.410 e. The van der Waals surface area contributed by atoms with Gasteiger partial charge in [0.05, 0.1) is 11.8 Å². The van der Waals surface area contributed by atoms with Gasteiger partial charge in [-0.3, -0.25) is 28.8 Å². The van der Waals surface area contributed by atoms with Crippen LogP contribution in [0, 0.1) is 17.3 Å². The van der Waals surface area contributed by atoms with Gasteiger partial charge in [0.15, 0.2) is 11.5 Å². The van der Waals surface area contributed by atoms with E-state index in [4.69, 9.17) is 14.2 Å². The Balaban J connectivity index is 1.13. The van der Waals surface area contributed by atoms with Crippen LogP contribution in [0.25, 0.3) is 0 Å². The monoisotopic (exact) mass is 883 g/mol. The lowest BCUT2D eigenvalue weighted by Crippen LogP contribution is -2.63. The fraction of sp³-hybridized carbons (Fsp3) is 0.674. The van der Waals surface area contributed by atoms with E-state index in [1.807, 2.05) is 32.9 Å². The first-order valence-electron chi connectivity index (χ1n) is 21.7. The molecular weight excluding hydrogens is 823 g/mol. The number of amides is 7. The molecule has 6 atom stereocenters. The van der Waals surface area contributed by atoms with Gasteiger partial charge in [-0.2, -0.15) is 0 Å². The van der Waals surface area contributed by atoms with Gasteiger partial charge < -0.3 is 40.4 Å². The molecule has 7 amide bonds. The second-order valence-corrected chi connectivity index (χ2v) is 21.8. The highest BCUT2D eigenvalue weighted by atomic mass is 32.2. The summed E-state index contributed by atoms with van der Waals surface area (Å²) < 4.78 is 44.8. The maximum absolute atomic E-state index is 15.0. The zero-order valence-electron chi connectivity index (χ0n) is 36.5. The molecular formula is C43H61N7O11S. The maximum atomic E-state index is 15.0. The second kappa shape index (κ2) is 16.9. The van der Waals surface area contributed by atoms with E-state index in [1.54, 1.807) is 20.8 Å². The van der Waals surface area contributed by atoms with E-state index >= 15 is 0 Å². The minimum atomic E-state index is -3.96. The van der Waals surface area contributed by atoms with Crippen LogP contribution >= 0.6 is 0 Å². The molecule has 1 saturated heterocycles. The number of nitrogens with zero attached hydrogens (tertiary/aromatic N) is 2. The summed E-state index contributed by atoms with van der Waals surface area (Å²) in [6, 6.07) is -0.346. The van der Waals surface area contributed by atoms with Gasteiger partial charge in [-0.15, -0.1) is 6.58 Å². The number of nitrogens with one attached hydrogen (secondary N) is 5. The summed E-state index contributed by atoms with van der Waals surface area (Å²) in [7, 11) is -3.96. The maximum Gasteiger partial charge on any atom is 0.410 e. The van der Waals surface area contributed by atoms with Crippen molar-refractivity contribution < 1.29 is 51.4 Å². The Bertz CT molecular complexity index is 2070. The highest BCUT2D eigenvalue weighted by Gasteiger charge is 2.62. The van der Waals surface area contributed by atoms with Crippen LogP contribution in [0.3, 0.4) is 0 Å². The third kappa shape index (κ3) is 9.76. The molecule has 340 valence electrons. The van der Waals surface area contributed by atoms with E-state index in [-0.39, 0.29) is 45.2 Å². The Kier molecular flexibility index (Phi) is 12.3. The average molecular weight is 884 g/mol. The average Bonchev–Trinajstić information content (AvgIpc) is 4.02. The first kappa shape index (κ1) is 45.0. The minimum absolute atomic E-state index is 0.0847. The third-order valence-corrected chi connectivity index (χ3v) is 14.4. The van der Waals surface area contributed by atoms with Crippen LogP contribution in [0.2, 0.25) is 0 Å². The van der Waals surface area contributed by atoms with Crippen LogP contribution in [0.5, 0.6) is 11.5 Å². The summed E-state index contributed by atoms with van der Waals surface area (Å²) in [6.45, 7) is 14.9. The first-order valence-corrected chi connectivity index (χ1v) is 23.2. The molecule has 7 rings (SSSR count). The van der Waals surface area contributed by atoms with E-state index in [0.717, 1.165) is 30.4 Å². The number of benzene rings is 1. The quantitative estimate of drug-likeness (QED) is 0.192. The Labute approximate surface area is 363 Å². The lowest BCUT2D eigenvalue weighted by molar-refractivity contribution is -0.145. The van der Waals surface area contributed by atoms with Crippen molar-refractivity contribution in [2.45, 2.75) is 153 Å². The topological polar surface area (TPSA) is 231 Å². The van der Waals surface area contributed by atoms with Crippen molar-refractivity contribution in [2.24, 2.45) is 17.3 Å². The zero-order valence-corrected chi connectivity index (χ0v) is 37.3. The van der Waals surface area contributed by atoms with Crippen LogP contribution in [0.4, 0.5) is 9.59 Å². The Morgan fingerprint density at radius 3 is 2.10 bits per heavy atom. The van der Waals surface area contributed by atoms with E-state index in [1.165, 1.54) is 15.9 Å². The van der Waals surface area contributed by atoms with E-state index in [0.29, 0.717) is 37.2 Å². The van der Waals surface area contributed by atoms with Crippen molar-refractivity contribution in [3.05, 3.63) is 35.9 Å². The molecule has 19 heteroatoms. The van der Waals surface area contributed by atoms with Crippen LogP contribution in [-0.2, 0) is 47.0 Å². The number of hydrogen-bond acceptors (Lipinski definition) is 11. The largest absolute Gasteiger partial charge is 0.454 e. The number of ether oxygens (including phenoxy) is 3. The van der Waals surface area contributed by atoms with Crippen molar-refractivity contribution in [1.29, 1.82) is 0 Å². The molecule has 4 fully saturated rings. The lowest BCUT2D eigenvalue weighted by Gasteiger charge is -2.38. The van der Waals surface area contributed by atoms with Gasteiger partial charge in [0.2, 0.25) is 34.5 Å². The van der Waals surface area contributed by atoms with Gasteiger partial charge >= 0.3 is 12.1 Å². The van der Waals surface area contributed by atoms with E-state index < -0.39 is 97.7 Å². The molecule has 0 bridgehead atoms. The van der Waals surface area contributed by atoms with Crippen molar-refractivity contribution in [1.82, 2.24) is 35.8 Å². The van der Waals surface area contributed by atoms with Crippen LogP contribution in [0.1, 0.15) is 110 Å². The van der Waals surface area contributed by atoms with Gasteiger partial charge in [0.1, 0.15) is 29.8 Å². The predicted octanol–water partition coefficient (Wildman–Crippen LogP) is 3.08. The molecule has 0 spiro atoms. The number of carbonyl (C=O) groups excluding carboxylic acids is 6. The van der Waals surface area contributed by atoms with Crippen molar-refractivity contribution >= 4 is 45.8 Å². The zero-order chi connectivity index (χ0) is 44.9. The molecule has 3 aliphatic heterocycles. The SMILES string of the molecule is C=C[C@H]1C[C@@]1(NC(=O)C1C[C@@H](OC(=O)N2Cc3cc4c(cc3C2)OCO4)CN1C(=O)[C@@H](NC(=O)[C@@H](NC(=O)NC(C)(C)C)C1CCCCC1)C(C)(C)C)C(=O)NS(=O)(=O)C1CC1. The third-order valence-electron chi connectivity index (χ3n) is 12.6. The molecule has 3 heterocycles. The standard InChI is InChI=1S/C43H61N7O11S/c1-8-27-19-43(27,38(54)48-62(57,58)29-14-15-29)46-35(51)30-18-28(61-40(56)49-20-25-16-31-32(60-23-59-31)17-26(25)21-49)22-50(30)37(53)34(41(2,3)4)45-36(52)33(24-12-10-9-11-13-24)44-39(55)47-42(5,6)7/h8,16-17,24,27-30,33-34H,1,9-15,18-23H2,2-7H3,(H,45,52)(H,46,51)(H,48,54)(H2,44,47,55)/t27-,28+,30?,33-,34+,43-/m0/s1. The first-order chi connectivity index (χ1) is 29.1. The van der Waals surface area contributed by atoms with Crippen LogP contribution < -0.4 is 35.5 Å². The number of carbonyl (C=O) groups is 6. The number of likely N-dealkylation sites (tertiary alicyclic amines) is 1. The molecule has 0 aromatic heterocycles. The highest BCUT2D eigenvalue weighted by molar-refractivity contribution is 7.91. The molecule has 18 nitrogen and oxygen atoms in total. The Hall–Kier alpha value is -5.07. The summed E-state index contributed by atoms with van der Waals surface area (Å²) >= 11 is 0. The Morgan fingerprint density at radius 1 is 0.919 bits per heavy atom. The van der Waals surface area contributed by atoms with Crippen LogP contribution in [-0.4, -0.2) is 108 Å². The Morgan fingerprint density at radius 2 is 1.55 bits per heavy atom. The van der Waals surface area contributed by atoms with Crippen molar-refractivity contribution in [3.8, 4) is 11.5 Å². The van der Waals surface area contributed by atoms with Gasteiger partial charge in [0.25, 0.3) is 5.91 Å². The normalized spacial score (nSPS) is 25.5. The second-order valence-electron chi connectivity index (χ2n) is 19.8. The number of urea groups is 1. The molecule has 6 aliphatic rings. The van der Waals surface area contributed by atoms with Crippen molar-refractivity contribution in [3.63, 3.8) is 0 Å².